The number of nitrogens with zero attached hydrogens (tertiary/aromatic N) is 2. The van der Waals surface area contributed by atoms with E-state index in [9.17, 15) is 4.79 Å². The van der Waals surface area contributed by atoms with Crippen molar-refractivity contribution in [3.8, 4) is 11.5 Å². The maximum absolute atomic E-state index is 12.8. The lowest BCUT2D eigenvalue weighted by Gasteiger charge is -2.31. The van der Waals surface area contributed by atoms with Gasteiger partial charge in [0.2, 0.25) is 5.91 Å². The lowest BCUT2D eigenvalue weighted by atomic mass is 10.0. The molecule has 0 aromatic heterocycles. The highest BCUT2D eigenvalue weighted by Gasteiger charge is 2.31. The number of rotatable bonds is 3. The Kier molecular flexibility index (Phi) is 4.85. The Balaban J connectivity index is 1.47. The van der Waals surface area contributed by atoms with Crippen molar-refractivity contribution >= 4 is 17.7 Å². The number of hydrogen-bond donors (Lipinski definition) is 0. The molecule has 0 saturated carbocycles. The van der Waals surface area contributed by atoms with Crippen LogP contribution in [0.25, 0.3) is 0 Å². The maximum atomic E-state index is 12.8. The molecule has 1 aromatic carbocycles. The van der Waals surface area contributed by atoms with Crippen LogP contribution in [0, 0.1) is 0 Å². The number of fused-ring (bicyclic) bond motifs is 1. The first kappa shape index (κ1) is 16.1. The van der Waals surface area contributed by atoms with Crippen LogP contribution in [0.3, 0.4) is 0 Å². The van der Waals surface area contributed by atoms with E-state index in [-0.39, 0.29) is 11.9 Å². The molecule has 1 amide bonds. The standard InChI is InChI=1S/C18H24N2O3S/c21-18(13-19-6-10-24-11-7-19)20-5-1-2-15(20)14-3-4-16-17(12-14)23-9-8-22-16/h3-4,12,15H,1-2,5-11,13H2/t15-/m1/s1. The highest BCUT2D eigenvalue weighted by molar-refractivity contribution is 7.99. The number of thioether (sulfide) groups is 1. The van der Waals surface area contributed by atoms with Gasteiger partial charge < -0.3 is 14.4 Å². The molecule has 2 saturated heterocycles. The van der Waals surface area contributed by atoms with E-state index < -0.39 is 0 Å². The lowest BCUT2D eigenvalue weighted by molar-refractivity contribution is -0.133. The van der Waals surface area contributed by atoms with Crippen LogP contribution in [0.2, 0.25) is 0 Å². The van der Waals surface area contributed by atoms with Crippen molar-refractivity contribution in [1.29, 1.82) is 0 Å². The quantitative estimate of drug-likeness (QED) is 0.837. The van der Waals surface area contributed by atoms with E-state index in [0.717, 1.165) is 55.5 Å². The highest BCUT2D eigenvalue weighted by Crippen LogP contribution is 2.38. The predicted molar refractivity (Wildman–Crippen MR) is 94.9 cm³/mol. The van der Waals surface area contributed by atoms with Crippen molar-refractivity contribution in [1.82, 2.24) is 9.80 Å². The number of benzene rings is 1. The average molecular weight is 348 g/mol. The maximum Gasteiger partial charge on any atom is 0.237 e. The zero-order valence-electron chi connectivity index (χ0n) is 13.9. The Labute approximate surface area is 147 Å². The zero-order chi connectivity index (χ0) is 16.4. The zero-order valence-corrected chi connectivity index (χ0v) is 14.7. The highest BCUT2D eigenvalue weighted by atomic mass is 32.2. The van der Waals surface area contributed by atoms with Gasteiger partial charge >= 0.3 is 0 Å². The molecule has 2 fully saturated rings. The van der Waals surface area contributed by atoms with Crippen LogP contribution in [-0.4, -0.2) is 66.6 Å². The third-order valence-corrected chi connectivity index (χ3v) is 5.93. The molecule has 130 valence electrons. The van der Waals surface area contributed by atoms with Crippen molar-refractivity contribution < 1.29 is 14.3 Å². The Hall–Kier alpha value is -1.40. The summed E-state index contributed by atoms with van der Waals surface area (Å²) in [5, 5.41) is 0. The Morgan fingerprint density at radius 3 is 2.75 bits per heavy atom. The van der Waals surface area contributed by atoms with Gasteiger partial charge in [0.05, 0.1) is 12.6 Å². The van der Waals surface area contributed by atoms with Crippen LogP contribution in [0.1, 0.15) is 24.4 Å². The Morgan fingerprint density at radius 2 is 1.92 bits per heavy atom. The molecule has 1 atom stereocenters. The van der Waals surface area contributed by atoms with E-state index in [1.165, 1.54) is 5.56 Å². The first-order valence-electron chi connectivity index (χ1n) is 8.80. The topological polar surface area (TPSA) is 42.0 Å². The first-order chi connectivity index (χ1) is 11.8. The molecule has 0 radical (unpaired) electrons. The van der Waals surface area contributed by atoms with Gasteiger partial charge in [-0.1, -0.05) is 6.07 Å². The summed E-state index contributed by atoms with van der Waals surface area (Å²) in [4.78, 5) is 17.2. The first-order valence-corrected chi connectivity index (χ1v) is 9.96. The van der Waals surface area contributed by atoms with E-state index in [1.54, 1.807) is 0 Å². The van der Waals surface area contributed by atoms with Crippen LogP contribution in [0.15, 0.2) is 18.2 Å². The van der Waals surface area contributed by atoms with E-state index >= 15 is 0 Å². The van der Waals surface area contributed by atoms with Gasteiger partial charge in [-0.2, -0.15) is 11.8 Å². The summed E-state index contributed by atoms with van der Waals surface area (Å²) in [5.74, 6) is 4.16. The minimum Gasteiger partial charge on any atom is -0.486 e. The third kappa shape index (κ3) is 3.35. The summed E-state index contributed by atoms with van der Waals surface area (Å²) in [6.07, 6.45) is 2.10. The molecule has 0 unspecified atom stereocenters. The van der Waals surface area contributed by atoms with Crippen molar-refractivity contribution in [3.05, 3.63) is 23.8 Å². The van der Waals surface area contributed by atoms with Gasteiger partial charge in [0, 0.05) is 31.1 Å². The smallest absolute Gasteiger partial charge is 0.237 e. The molecule has 6 heteroatoms. The normalized spacial score (nSPS) is 24.2. The summed E-state index contributed by atoms with van der Waals surface area (Å²) >= 11 is 1.98. The fraction of sp³-hybridized carbons (Fsp3) is 0.611. The molecule has 3 heterocycles. The molecule has 1 aromatic rings. The van der Waals surface area contributed by atoms with Gasteiger partial charge in [-0.05, 0) is 30.5 Å². The number of likely N-dealkylation sites (tertiary alicyclic amines) is 1. The summed E-state index contributed by atoms with van der Waals surface area (Å²) in [5.41, 5.74) is 1.17. The number of hydrogen-bond acceptors (Lipinski definition) is 5. The molecule has 24 heavy (non-hydrogen) atoms. The second kappa shape index (κ2) is 7.23. The minimum absolute atomic E-state index is 0.174. The second-order valence-corrected chi connectivity index (χ2v) is 7.76. The fourth-order valence-corrected chi connectivity index (χ4v) is 4.70. The van der Waals surface area contributed by atoms with Crippen LogP contribution < -0.4 is 9.47 Å². The fourth-order valence-electron chi connectivity index (χ4n) is 3.72. The van der Waals surface area contributed by atoms with Gasteiger partial charge in [0.15, 0.2) is 11.5 Å². The lowest BCUT2D eigenvalue weighted by Crippen LogP contribution is -2.43. The summed E-state index contributed by atoms with van der Waals surface area (Å²) in [7, 11) is 0. The molecular formula is C18H24N2O3S. The molecule has 0 N–H and O–H groups in total. The van der Waals surface area contributed by atoms with Gasteiger partial charge in [-0.3, -0.25) is 9.69 Å². The predicted octanol–water partition coefficient (Wildman–Crippen LogP) is 2.17. The molecule has 3 aliphatic heterocycles. The van der Waals surface area contributed by atoms with Crippen LogP contribution in [0.4, 0.5) is 0 Å². The van der Waals surface area contributed by atoms with Crippen molar-refractivity contribution in [2.24, 2.45) is 0 Å². The van der Waals surface area contributed by atoms with Gasteiger partial charge in [-0.15, -0.1) is 0 Å². The SMILES string of the molecule is O=C(CN1CCSCC1)N1CCC[C@@H]1c1ccc2c(c1)OCCO2. The van der Waals surface area contributed by atoms with Crippen LogP contribution in [-0.2, 0) is 4.79 Å². The molecule has 5 nitrogen and oxygen atoms in total. The van der Waals surface area contributed by atoms with Crippen molar-refractivity contribution in [3.63, 3.8) is 0 Å². The molecule has 4 rings (SSSR count). The van der Waals surface area contributed by atoms with Crippen LogP contribution in [0.5, 0.6) is 11.5 Å². The van der Waals surface area contributed by atoms with E-state index in [4.69, 9.17) is 9.47 Å². The largest absolute Gasteiger partial charge is 0.486 e. The van der Waals surface area contributed by atoms with E-state index in [0.29, 0.717) is 19.8 Å². The molecule has 0 spiro atoms. The van der Waals surface area contributed by atoms with Crippen molar-refractivity contribution in [2.45, 2.75) is 18.9 Å². The van der Waals surface area contributed by atoms with Gasteiger partial charge in [0.1, 0.15) is 13.2 Å². The van der Waals surface area contributed by atoms with E-state index in [2.05, 4.69) is 21.9 Å². The monoisotopic (exact) mass is 348 g/mol. The summed E-state index contributed by atoms with van der Waals surface area (Å²) in [6, 6.07) is 6.29. The average Bonchev–Trinajstić information content (AvgIpc) is 3.12. The number of amides is 1. The molecular weight excluding hydrogens is 324 g/mol. The third-order valence-electron chi connectivity index (χ3n) is 4.99. The molecule has 3 aliphatic rings. The molecule has 0 bridgehead atoms. The van der Waals surface area contributed by atoms with Gasteiger partial charge in [-0.25, -0.2) is 0 Å². The second-order valence-electron chi connectivity index (χ2n) is 6.54. The van der Waals surface area contributed by atoms with Crippen LogP contribution >= 0.6 is 11.8 Å². The van der Waals surface area contributed by atoms with Gasteiger partial charge in [0.25, 0.3) is 0 Å². The van der Waals surface area contributed by atoms with E-state index in [1.807, 2.05) is 17.8 Å². The summed E-state index contributed by atoms with van der Waals surface area (Å²) in [6.45, 7) is 4.67. The minimum atomic E-state index is 0.174. The molecule has 0 aliphatic carbocycles. The summed E-state index contributed by atoms with van der Waals surface area (Å²) < 4.78 is 11.3. The number of carbonyl (C=O) groups is 1. The Bertz CT molecular complexity index is 604. The van der Waals surface area contributed by atoms with Crippen molar-refractivity contribution in [2.75, 3.05) is 50.9 Å². The Morgan fingerprint density at radius 1 is 1.12 bits per heavy atom. The number of carbonyl (C=O) groups excluding carboxylic acids is 1. The number of ether oxygens (including phenoxy) is 2.